The fraction of sp³-hybridized carbons (Fsp3) is 0.500. The number of nitrogens with one attached hydrogen (secondary N) is 2. The van der Waals surface area contributed by atoms with Crippen molar-refractivity contribution >= 4 is 21.8 Å². The molecule has 1 atom stereocenters. The van der Waals surface area contributed by atoms with Crippen LogP contribution in [0.25, 0.3) is 0 Å². The van der Waals surface area contributed by atoms with Crippen LogP contribution in [-0.4, -0.2) is 42.9 Å². The first-order valence-corrected chi connectivity index (χ1v) is 9.71. The molecular formula is C16H23N3O4S. The Morgan fingerprint density at radius 1 is 1.17 bits per heavy atom. The van der Waals surface area contributed by atoms with Crippen molar-refractivity contribution in [2.45, 2.75) is 38.6 Å². The van der Waals surface area contributed by atoms with Crippen molar-refractivity contribution in [2.24, 2.45) is 0 Å². The largest absolute Gasteiger partial charge is 0.271 e. The lowest BCUT2D eigenvalue weighted by Gasteiger charge is -2.33. The lowest BCUT2D eigenvalue weighted by Crippen LogP contribution is -2.55. The topological polar surface area (TPSA) is 95.6 Å². The number of benzene rings is 1. The Balaban J connectivity index is 2.00. The lowest BCUT2D eigenvalue weighted by molar-refractivity contribution is -0.126. The van der Waals surface area contributed by atoms with E-state index < -0.39 is 27.9 Å². The van der Waals surface area contributed by atoms with Gasteiger partial charge in [-0.25, -0.2) is 8.42 Å². The van der Waals surface area contributed by atoms with E-state index in [2.05, 4.69) is 10.9 Å². The smallest absolute Gasteiger partial charge is 0.269 e. The molecule has 7 nitrogen and oxygen atoms in total. The quantitative estimate of drug-likeness (QED) is 0.773. The van der Waals surface area contributed by atoms with Crippen molar-refractivity contribution in [3.63, 3.8) is 0 Å². The molecule has 1 heterocycles. The number of nitrogens with zero attached hydrogens (tertiary/aromatic N) is 1. The SMILES string of the molecule is CCCS(=O)(=O)N1CCCCC1C(=O)NNC(=O)c1ccccc1. The molecule has 0 saturated carbocycles. The molecule has 2 amide bonds. The van der Waals surface area contributed by atoms with E-state index in [9.17, 15) is 18.0 Å². The van der Waals surface area contributed by atoms with Crippen molar-refractivity contribution in [2.75, 3.05) is 12.3 Å². The van der Waals surface area contributed by atoms with Gasteiger partial charge in [-0.1, -0.05) is 31.5 Å². The minimum absolute atomic E-state index is 0.0210. The lowest BCUT2D eigenvalue weighted by atomic mass is 10.0. The number of piperidine rings is 1. The summed E-state index contributed by atoms with van der Waals surface area (Å²) in [7, 11) is -3.46. The molecule has 2 N–H and O–H groups in total. The molecule has 1 fully saturated rings. The number of rotatable bonds is 5. The summed E-state index contributed by atoms with van der Waals surface area (Å²) in [4.78, 5) is 24.3. The van der Waals surface area contributed by atoms with E-state index in [1.165, 1.54) is 4.31 Å². The summed E-state index contributed by atoms with van der Waals surface area (Å²) in [5, 5.41) is 0. The molecule has 0 radical (unpaired) electrons. The molecular weight excluding hydrogens is 330 g/mol. The van der Waals surface area contributed by atoms with Crippen LogP contribution in [0.4, 0.5) is 0 Å². The predicted octanol–water partition coefficient (Wildman–Crippen LogP) is 1.04. The van der Waals surface area contributed by atoms with Crippen LogP contribution in [-0.2, 0) is 14.8 Å². The molecule has 1 saturated heterocycles. The second kappa shape index (κ2) is 8.25. The Hall–Kier alpha value is -1.93. The molecule has 24 heavy (non-hydrogen) atoms. The van der Waals surface area contributed by atoms with Crippen LogP contribution < -0.4 is 10.9 Å². The van der Waals surface area contributed by atoms with Gasteiger partial charge in [0, 0.05) is 12.1 Å². The van der Waals surface area contributed by atoms with Gasteiger partial charge in [0.15, 0.2) is 0 Å². The summed E-state index contributed by atoms with van der Waals surface area (Å²) in [6, 6.07) is 7.70. The van der Waals surface area contributed by atoms with Gasteiger partial charge in [-0.15, -0.1) is 0 Å². The van der Waals surface area contributed by atoms with E-state index in [4.69, 9.17) is 0 Å². The number of sulfonamides is 1. The van der Waals surface area contributed by atoms with E-state index in [1.54, 1.807) is 37.3 Å². The van der Waals surface area contributed by atoms with Gasteiger partial charge < -0.3 is 0 Å². The van der Waals surface area contributed by atoms with Gasteiger partial charge in [0.25, 0.3) is 11.8 Å². The van der Waals surface area contributed by atoms with Gasteiger partial charge in [0.05, 0.1) is 5.75 Å². The molecule has 1 aromatic carbocycles. The highest BCUT2D eigenvalue weighted by atomic mass is 32.2. The highest BCUT2D eigenvalue weighted by molar-refractivity contribution is 7.89. The van der Waals surface area contributed by atoms with Crippen molar-refractivity contribution in [3.8, 4) is 0 Å². The fourth-order valence-corrected chi connectivity index (χ4v) is 4.49. The maximum atomic E-state index is 12.4. The Labute approximate surface area is 142 Å². The van der Waals surface area contributed by atoms with E-state index in [0.717, 1.165) is 12.8 Å². The second-order valence-electron chi connectivity index (χ2n) is 5.75. The van der Waals surface area contributed by atoms with Gasteiger partial charge in [-0.3, -0.25) is 20.4 Å². The van der Waals surface area contributed by atoms with Crippen molar-refractivity contribution in [1.29, 1.82) is 0 Å². The molecule has 2 rings (SSSR count). The predicted molar refractivity (Wildman–Crippen MR) is 90.5 cm³/mol. The van der Waals surface area contributed by atoms with Crippen molar-refractivity contribution in [3.05, 3.63) is 35.9 Å². The van der Waals surface area contributed by atoms with Crippen LogP contribution in [0.15, 0.2) is 30.3 Å². The number of hydrazine groups is 1. The molecule has 1 aliphatic rings. The zero-order chi connectivity index (χ0) is 17.6. The molecule has 132 valence electrons. The van der Waals surface area contributed by atoms with Crippen molar-refractivity contribution < 1.29 is 18.0 Å². The molecule has 0 bridgehead atoms. The number of carbonyl (C=O) groups excluding carboxylic acids is 2. The molecule has 1 aromatic rings. The zero-order valence-corrected chi connectivity index (χ0v) is 14.5. The molecule has 0 aromatic heterocycles. The minimum atomic E-state index is -3.46. The third kappa shape index (κ3) is 4.55. The standard InChI is InChI=1S/C16H23N3O4S/c1-2-12-24(22,23)19-11-7-6-10-14(19)16(21)18-17-15(20)13-8-4-3-5-9-13/h3-5,8-9,14H,2,6-7,10-12H2,1H3,(H,17,20)(H,18,21). The van der Waals surface area contributed by atoms with Gasteiger partial charge in [-0.05, 0) is 31.4 Å². The Morgan fingerprint density at radius 3 is 2.54 bits per heavy atom. The van der Waals surface area contributed by atoms with Crippen LogP contribution in [0.5, 0.6) is 0 Å². The fourth-order valence-electron chi connectivity index (χ4n) is 2.74. The Bertz CT molecular complexity index is 676. The van der Waals surface area contributed by atoms with E-state index in [0.29, 0.717) is 24.9 Å². The van der Waals surface area contributed by atoms with Gasteiger partial charge >= 0.3 is 0 Å². The van der Waals surface area contributed by atoms with Gasteiger partial charge in [0.1, 0.15) is 6.04 Å². The second-order valence-corrected chi connectivity index (χ2v) is 7.79. The maximum absolute atomic E-state index is 12.4. The summed E-state index contributed by atoms with van der Waals surface area (Å²) in [5.41, 5.74) is 5.10. The number of amides is 2. The van der Waals surface area contributed by atoms with Gasteiger partial charge in [0.2, 0.25) is 10.0 Å². The molecule has 0 aliphatic carbocycles. The number of hydrogen-bond acceptors (Lipinski definition) is 4. The molecule has 1 aliphatic heterocycles. The molecule has 8 heteroatoms. The number of hydrogen-bond donors (Lipinski definition) is 2. The first-order chi connectivity index (χ1) is 11.5. The summed E-state index contributed by atoms with van der Waals surface area (Å²) in [6.45, 7) is 2.13. The normalized spacial score (nSPS) is 18.8. The monoisotopic (exact) mass is 353 g/mol. The van der Waals surface area contributed by atoms with Crippen LogP contribution in [0.2, 0.25) is 0 Å². The highest BCUT2D eigenvalue weighted by Crippen LogP contribution is 2.21. The zero-order valence-electron chi connectivity index (χ0n) is 13.7. The van der Waals surface area contributed by atoms with Crippen LogP contribution in [0, 0.1) is 0 Å². The third-order valence-electron chi connectivity index (χ3n) is 3.91. The first-order valence-electron chi connectivity index (χ1n) is 8.10. The minimum Gasteiger partial charge on any atom is -0.271 e. The van der Waals surface area contributed by atoms with Gasteiger partial charge in [-0.2, -0.15) is 4.31 Å². The van der Waals surface area contributed by atoms with Crippen LogP contribution >= 0.6 is 0 Å². The van der Waals surface area contributed by atoms with Crippen molar-refractivity contribution in [1.82, 2.24) is 15.2 Å². The first kappa shape index (κ1) is 18.4. The van der Waals surface area contributed by atoms with Crippen LogP contribution in [0.3, 0.4) is 0 Å². The number of carbonyl (C=O) groups is 2. The molecule has 1 unspecified atom stereocenters. The highest BCUT2D eigenvalue weighted by Gasteiger charge is 2.36. The van der Waals surface area contributed by atoms with E-state index >= 15 is 0 Å². The average Bonchev–Trinajstić information content (AvgIpc) is 2.60. The third-order valence-corrected chi connectivity index (χ3v) is 5.99. The van der Waals surface area contributed by atoms with E-state index in [-0.39, 0.29) is 5.75 Å². The summed E-state index contributed by atoms with van der Waals surface area (Å²) < 4.78 is 25.9. The summed E-state index contributed by atoms with van der Waals surface area (Å²) >= 11 is 0. The Kier molecular flexibility index (Phi) is 6.33. The summed E-state index contributed by atoms with van der Waals surface area (Å²) in [6.07, 6.45) is 2.47. The van der Waals surface area contributed by atoms with E-state index in [1.807, 2.05) is 0 Å². The van der Waals surface area contributed by atoms with Crippen LogP contribution in [0.1, 0.15) is 43.0 Å². The average molecular weight is 353 g/mol. The Morgan fingerprint density at radius 2 is 1.88 bits per heavy atom. The molecule has 0 spiro atoms. The summed E-state index contributed by atoms with van der Waals surface area (Å²) in [5.74, 6) is -0.922. The maximum Gasteiger partial charge on any atom is 0.269 e.